The lowest BCUT2D eigenvalue weighted by molar-refractivity contribution is -0.133. The predicted octanol–water partition coefficient (Wildman–Crippen LogP) is 4.42. The van der Waals surface area contributed by atoms with Gasteiger partial charge in [0.15, 0.2) is 11.5 Å². The number of fused-ring (bicyclic) bond motifs is 3. The summed E-state index contributed by atoms with van der Waals surface area (Å²) in [5.41, 5.74) is 3.08. The first kappa shape index (κ1) is 21.6. The van der Waals surface area contributed by atoms with E-state index in [1.54, 1.807) is 0 Å². The number of halogens is 1. The van der Waals surface area contributed by atoms with Gasteiger partial charge in [0.2, 0.25) is 12.7 Å². The number of amides is 1. The molecule has 33 heavy (non-hydrogen) atoms. The van der Waals surface area contributed by atoms with Gasteiger partial charge in [-0.05, 0) is 29.8 Å². The summed E-state index contributed by atoms with van der Waals surface area (Å²) < 4.78 is 17.0. The van der Waals surface area contributed by atoms with E-state index in [2.05, 4.69) is 17.0 Å². The van der Waals surface area contributed by atoms with Crippen LogP contribution in [0.2, 0.25) is 0 Å². The molecule has 3 heterocycles. The average molecular weight is 465 g/mol. The number of nitrogens with zero attached hydrogens (tertiary/aromatic N) is 2. The molecule has 170 valence electrons. The second-order valence-electron chi connectivity index (χ2n) is 8.40. The summed E-state index contributed by atoms with van der Waals surface area (Å²) in [4.78, 5) is 18.1. The molecule has 1 amide bonds. The first-order valence-corrected chi connectivity index (χ1v) is 11.0. The summed E-state index contributed by atoms with van der Waals surface area (Å²) in [6.45, 7) is 4.23. The van der Waals surface area contributed by atoms with Crippen LogP contribution < -0.4 is 14.2 Å². The molecule has 0 atom stereocenters. The van der Waals surface area contributed by atoms with Gasteiger partial charge in [0, 0.05) is 43.9 Å². The van der Waals surface area contributed by atoms with Crippen LogP contribution >= 0.6 is 12.4 Å². The summed E-state index contributed by atoms with van der Waals surface area (Å²) >= 11 is 0. The minimum atomic E-state index is -0.323. The Kier molecular flexibility index (Phi) is 5.87. The van der Waals surface area contributed by atoms with Crippen LogP contribution in [-0.2, 0) is 11.3 Å². The van der Waals surface area contributed by atoms with E-state index in [1.165, 1.54) is 5.56 Å². The van der Waals surface area contributed by atoms with Crippen LogP contribution in [0.1, 0.15) is 22.6 Å². The fourth-order valence-corrected chi connectivity index (χ4v) is 4.78. The van der Waals surface area contributed by atoms with Crippen molar-refractivity contribution in [1.82, 2.24) is 9.80 Å². The van der Waals surface area contributed by atoms with Crippen molar-refractivity contribution < 1.29 is 19.0 Å². The third kappa shape index (κ3) is 4.01. The lowest BCUT2D eigenvalue weighted by Crippen LogP contribution is -2.49. The largest absolute Gasteiger partial charge is 0.457 e. The molecule has 0 radical (unpaired) electrons. The SMILES string of the molecule is Cl.O=C(C1c2ccccc2Oc2ccccc21)N1CCN(Cc2ccc3c(c2)OCO3)CC1. The van der Waals surface area contributed by atoms with Crippen molar-refractivity contribution in [3.63, 3.8) is 0 Å². The molecule has 0 N–H and O–H groups in total. The molecule has 0 aliphatic carbocycles. The molecular weight excluding hydrogens is 440 g/mol. The fraction of sp³-hybridized carbons (Fsp3) is 0.269. The summed E-state index contributed by atoms with van der Waals surface area (Å²) in [6, 6.07) is 21.8. The maximum atomic E-state index is 13.7. The molecule has 1 fully saturated rings. The smallest absolute Gasteiger partial charge is 0.234 e. The van der Waals surface area contributed by atoms with Crippen LogP contribution in [0.5, 0.6) is 23.0 Å². The number of hydrogen-bond donors (Lipinski definition) is 0. The van der Waals surface area contributed by atoms with E-state index >= 15 is 0 Å². The monoisotopic (exact) mass is 464 g/mol. The standard InChI is InChI=1S/C26H24N2O4.ClH/c29-26(25-19-5-1-3-7-21(19)32-22-8-4-2-6-20(22)25)28-13-11-27(12-14-28)16-18-9-10-23-24(15-18)31-17-30-23;/h1-10,15,25H,11-14,16-17H2;1H. The lowest BCUT2D eigenvalue weighted by atomic mass is 9.86. The molecule has 3 aromatic carbocycles. The van der Waals surface area contributed by atoms with Gasteiger partial charge in [-0.2, -0.15) is 0 Å². The van der Waals surface area contributed by atoms with Crippen LogP contribution in [0, 0.1) is 0 Å². The molecule has 1 saturated heterocycles. The number of rotatable bonds is 3. The van der Waals surface area contributed by atoms with E-state index in [4.69, 9.17) is 14.2 Å². The van der Waals surface area contributed by atoms with Gasteiger partial charge >= 0.3 is 0 Å². The third-order valence-corrected chi connectivity index (χ3v) is 6.45. The number of ether oxygens (including phenoxy) is 3. The number of para-hydroxylation sites is 2. The number of piperazine rings is 1. The normalized spacial score (nSPS) is 16.9. The number of carbonyl (C=O) groups excluding carboxylic acids is 1. The molecular formula is C26H25ClN2O4. The highest BCUT2D eigenvalue weighted by Crippen LogP contribution is 2.44. The van der Waals surface area contributed by atoms with Crippen LogP contribution in [-0.4, -0.2) is 48.7 Å². The minimum absolute atomic E-state index is 0. The van der Waals surface area contributed by atoms with Gasteiger partial charge in [-0.15, -0.1) is 12.4 Å². The Hall–Kier alpha value is -3.22. The van der Waals surface area contributed by atoms with Gasteiger partial charge in [0.25, 0.3) is 0 Å². The van der Waals surface area contributed by atoms with Crippen LogP contribution in [0.3, 0.4) is 0 Å². The highest BCUT2D eigenvalue weighted by Gasteiger charge is 2.36. The topological polar surface area (TPSA) is 51.2 Å². The van der Waals surface area contributed by atoms with E-state index in [1.807, 2.05) is 59.5 Å². The van der Waals surface area contributed by atoms with Crippen molar-refractivity contribution in [2.75, 3.05) is 33.0 Å². The molecule has 6 rings (SSSR count). The van der Waals surface area contributed by atoms with Gasteiger partial charge in [-0.1, -0.05) is 42.5 Å². The van der Waals surface area contributed by atoms with Crippen LogP contribution in [0.4, 0.5) is 0 Å². The summed E-state index contributed by atoms with van der Waals surface area (Å²) in [7, 11) is 0. The van der Waals surface area contributed by atoms with Gasteiger partial charge < -0.3 is 19.1 Å². The Morgan fingerprint density at radius 1 is 0.788 bits per heavy atom. The van der Waals surface area contributed by atoms with Crippen LogP contribution in [0.15, 0.2) is 66.7 Å². The average Bonchev–Trinajstić information content (AvgIpc) is 3.30. The van der Waals surface area contributed by atoms with Crippen molar-refractivity contribution in [2.45, 2.75) is 12.5 Å². The Labute approximate surface area is 199 Å². The van der Waals surface area contributed by atoms with E-state index in [0.29, 0.717) is 13.1 Å². The van der Waals surface area contributed by atoms with Crippen molar-refractivity contribution in [1.29, 1.82) is 0 Å². The lowest BCUT2D eigenvalue weighted by Gasteiger charge is -2.38. The van der Waals surface area contributed by atoms with Crippen molar-refractivity contribution in [2.24, 2.45) is 0 Å². The number of hydrogen-bond acceptors (Lipinski definition) is 5. The summed E-state index contributed by atoms with van der Waals surface area (Å²) in [6.07, 6.45) is 0. The van der Waals surface area contributed by atoms with Crippen LogP contribution in [0.25, 0.3) is 0 Å². The number of carbonyl (C=O) groups is 1. The second-order valence-corrected chi connectivity index (χ2v) is 8.40. The first-order valence-electron chi connectivity index (χ1n) is 11.0. The van der Waals surface area contributed by atoms with Crippen molar-refractivity contribution >= 4 is 18.3 Å². The third-order valence-electron chi connectivity index (χ3n) is 6.45. The highest BCUT2D eigenvalue weighted by atomic mass is 35.5. The van der Waals surface area contributed by atoms with E-state index < -0.39 is 0 Å². The van der Waals surface area contributed by atoms with E-state index in [0.717, 1.165) is 53.8 Å². The first-order chi connectivity index (χ1) is 15.8. The van der Waals surface area contributed by atoms with E-state index in [9.17, 15) is 4.79 Å². The summed E-state index contributed by atoms with van der Waals surface area (Å²) in [5.74, 6) is 2.99. The van der Waals surface area contributed by atoms with E-state index in [-0.39, 0.29) is 31.0 Å². The molecule has 3 aliphatic heterocycles. The Morgan fingerprint density at radius 2 is 1.42 bits per heavy atom. The Morgan fingerprint density at radius 3 is 2.12 bits per heavy atom. The second kappa shape index (κ2) is 8.96. The van der Waals surface area contributed by atoms with Gasteiger partial charge in [-0.3, -0.25) is 9.69 Å². The highest BCUT2D eigenvalue weighted by molar-refractivity contribution is 5.89. The van der Waals surface area contributed by atoms with Gasteiger partial charge in [-0.25, -0.2) is 0 Å². The number of benzene rings is 3. The molecule has 0 bridgehead atoms. The molecule has 0 saturated carbocycles. The maximum Gasteiger partial charge on any atom is 0.234 e. The molecule has 0 aromatic heterocycles. The summed E-state index contributed by atoms with van der Waals surface area (Å²) in [5, 5.41) is 0. The molecule has 0 spiro atoms. The quantitative estimate of drug-likeness (QED) is 0.574. The minimum Gasteiger partial charge on any atom is -0.457 e. The fourth-order valence-electron chi connectivity index (χ4n) is 4.78. The maximum absolute atomic E-state index is 13.7. The predicted molar refractivity (Wildman–Crippen MR) is 126 cm³/mol. The zero-order valence-corrected chi connectivity index (χ0v) is 18.9. The molecule has 0 unspecified atom stereocenters. The molecule has 3 aromatic rings. The van der Waals surface area contributed by atoms with Crippen molar-refractivity contribution in [3.05, 3.63) is 83.4 Å². The Bertz CT molecular complexity index is 1130. The van der Waals surface area contributed by atoms with Gasteiger partial charge in [0.05, 0.1) is 5.92 Å². The molecule has 3 aliphatic rings. The zero-order valence-electron chi connectivity index (χ0n) is 18.1. The van der Waals surface area contributed by atoms with Gasteiger partial charge in [0.1, 0.15) is 11.5 Å². The molecule has 6 nitrogen and oxygen atoms in total. The zero-order chi connectivity index (χ0) is 21.5. The van der Waals surface area contributed by atoms with Crippen molar-refractivity contribution in [3.8, 4) is 23.0 Å². The Balaban J connectivity index is 0.00000228. The molecule has 7 heteroatoms.